The minimum Gasteiger partial charge on any atom is -0.480 e. The summed E-state index contributed by atoms with van der Waals surface area (Å²) >= 11 is 0. The van der Waals surface area contributed by atoms with E-state index in [1.54, 1.807) is 24.3 Å². The Morgan fingerprint density at radius 1 is 0.966 bits per heavy atom. The van der Waals surface area contributed by atoms with Crippen LogP contribution in [0.3, 0.4) is 0 Å². The second-order valence-electron chi connectivity index (χ2n) is 6.63. The van der Waals surface area contributed by atoms with Crippen molar-refractivity contribution in [3.05, 3.63) is 71.3 Å². The van der Waals surface area contributed by atoms with Gasteiger partial charge in [0, 0.05) is 19.3 Å². The Bertz CT molecular complexity index is 906. The molecule has 0 unspecified atom stereocenters. The van der Waals surface area contributed by atoms with Gasteiger partial charge in [-0.3, -0.25) is 9.59 Å². The molecule has 0 aliphatic carbocycles. The molecule has 0 saturated carbocycles. The highest BCUT2D eigenvalue weighted by Crippen LogP contribution is 2.12. The van der Waals surface area contributed by atoms with Crippen LogP contribution >= 0.6 is 0 Å². The fourth-order valence-corrected chi connectivity index (χ4v) is 2.86. The van der Waals surface area contributed by atoms with Crippen LogP contribution in [0.1, 0.15) is 42.5 Å². The van der Waals surface area contributed by atoms with Crippen molar-refractivity contribution in [3.63, 3.8) is 0 Å². The molecule has 0 spiro atoms. The molecule has 0 fully saturated rings. The molecule has 2 atom stereocenters. The molecule has 0 aliphatic rings. The molecule has 0 aliphatic heterocycles. The lowest BCUT2D eigenvalue weighted by molar-refractivity contribution is -0.141. The smallest absolute Gasteiger partial charge is 0.326 e. The Morgan fingerprint density at radius 2 is 1.55 bits per heavy atom. The second kappa shape index (κ2) is 10.6. The van der Waals surface area contributed by atoms with Gasteiger partial charge in [-0.1, -0.05) is 48.5 Å². The molecule has 150 valence electrons. The molecule has 7 heteroatoms. The van der Waals surface area contributed by atoms with Gasteiger partial charge in [0.1, 0.15) is 6.04 Å². The van der Waals surface area contributed by atoms with Crippen LogP contribution in [0.5, 0.6) is 0 Å². The fraction of sp³-hybridized carbons (Fsp3) is 0.273. The maximum Gasteiger partial charge on any atom is 0.326 e. The van der Waals surface area contributed by atoms with E-state index in [0.717, 1.165) is 5.56 Å². The molecule has 0 saturated heterocycles. The number of hydrogen-bond donors (Lipinski definition) is 3. The van der Waals surface area contributed by atoms with Gasteiger partial charge in [-0.05, 0) is 24.1 Å². The van der Waals surface area contributed by atoms with Crippen molar-refractivity contribution in [3.8, 4) is 6.07 Å². The zero-order chi connectivity index (χ0) is 21.2. The molecule has 7 nitrogen and oxygen atoms in total. The molecular formula is C22H23N3O4. The maximum absolute atomic E-state index is 12.1. The van der Waals surface area contributed by atoms with Crippen LogP contribution in [0, 0.1) is 11.3 Å². The van der Waals surface area contributed by atoms with Crippen molar-refractivity contribution < 1.29 is 19.5 Å². The van der Waals surface area contributed by atoms with E-state index < -0.39 is 17.9 Å². The number of carbonyl (C=O) groups is 3. The van der Waals surface area contributed by atoms with E-state index in [2.05, 4.69) is 10.6 Å². The highest BCUT2D eigenvalue weighted by atomic mass is 16.4. The van der Waals surface area contributed by atoms with Gasteiger partial charge in [0.2, 0.25) is 11.8 Å². The number of nitrogens with one attached hydrogen (secondary N) is 2. The number of benzene rings is 2. The third kappa shape index (κ3) is 6.78. The van der Waals surface area contributed by atoms with Crippen LogP contribution < -0.4 is 10.6 Å². The molecule has 2 rings (SSSR count). The van der Waals surface area contributed by atoms with Crippen LogP contribution in [0.4, 0.5) is 0 Å². The number of nitrogens with zero attached hydrogens (tertiary/aromatic N) is 1. The van der Waals surface area contributed by atoms with Crippen molar-refractivity contribution in [2.24, 2.45) is 0 Å². The Kier molecular flexibility index (Phi) is 7.92. The van der Waals surface area contributed by atoms with Gasteiger partial charge in [0.15, 0.2) is 0 Å². The van der Waals surface area contributed by atoms with E-state index in [0.29, 0.717) is 11.1 Å². The number of carboxylic acid groups (broad SMARTS) is 1. The summed E-state index contributed by atoms with van der Waals surface area (Å²) in [4.78, 5) is 35.7. The van der Waals surface area contributed by atoms with Crippen LogP contribution in [0.25, 0.3) is 0 Å². The van der Waals surface area contributed by atoms with Crippen LogP contribution in [-0.2, 0) is 20.8 Å². The van der Waals surface area contributed by atoms with Crippen LogP contribution in [0.15, 0.2) is 54.6 Å². The van der Waals surface area contributed by atoms with Gasteiger partial charge >= 0.3 is 5.97 Å². The molecule has 0 radical (unpaired) electrons. The summed E-state index contributed by atoms with van der Waals surface area (Å²) in [6, 6.07) is 16.7. The summed E-state index contributed by atoms with van der Waals surface area (Å²) in [5.41, 5.74) is 1.85. The first-order valence-corrected chi connectivity index (χ1v) is 9.25. The third-order valence-electron chi connectivity index (χ3n) is 4.45. The van der Waals surface area contributed by atoms with Crippen LogP contribution in [-0.4, -0.2) is 28.9 Å². The lowest BCUT2D eigenvalue weighted by Crippen LogP contribution is -2.42. The van der Waals surface area contributed by atoms with Crippen molar-refractivity contribution in [1.82, 2.24) is 10.6 Å². The molecule has 0 bridgehead atoms. The molecule has 2 aromatic rings. The summed E-state index contributed by atoms with van der Waals surface area (Å²) in [6.07, 6.45) is -0.191. The molecule has 29 heavy (non-hydrogen) atoms. The number of nitriles is 1. The molecular weight excluding hydrogens is 370 g/mol. The predicted molar refractivity (Wildman–Crippen MR) is 107 cm³/mol. The average Bonchev–Trinajstić information content (AvgIpc) is 2.72. The quantitative estimate of drug-likeness (QED) is 0.604. The highest BCUT2D eigenvalue weighted by Gasteiger charge is 2.22. The molecule has 3 N–H and O–H groups in total. The normalized spacial score (nSPS) is 12.3. The number of aliphatic carboxylic acids is 1. The van der Waals surface area contributed by atoms with E-state index in [1.165, 1.54) is 0 Å². The zero-order valence-electron chi connectivity index (χ0n) is 16.1. The molecule has 0 heterocycles. The Labute approximate surface area is 169 Å². The number of amides is 2. The summed E-state index contributed by atoms with van der Waals surface area (Å²) in [7, 11) is 0. The van der Waals surface area contributed by atoms with Crippen molar-refractivity contribution >= 4 is 17.8 Å². The van der Waals surface area contributed by atoms with E-state index in [4.69, 9.17) is 5.26 Å². The van der Waals surface area contributed by atoms with Gasteiger partial charge in [-0.25, -0.2) is 4.79 Å². The van der Waals surface area contributed by atoms with E-state index in [1.807, 2.05) is 43.3 Å². The number of carboxylic acids is 1. The van der Waals surface area contributed by atoms with Crippen molar-refractivity contribution in [2.45, 2.75) is 38.3 Å². The van der Waals surface area contributed by atoms with E-state index in [-0.39, 0.29) is 31.2 Å². The minimum atomic E-state index is -1.20. The SMILES string of the molecule is C[C@@H](NC(=O)CCC(=O)N[C@@H](Cc1ccccc1C#N)C(=O)O)c1ccccc1. The second-order valence-corrected chi connectivity index (χ2v) is 6.63. The molecule has 2 amide bonds. The van der Waals surface area contributed by atoms with Crippen molar-refractivity contribution in [1.29, 1.82) is 5.26 Å². The Hall–Kier alpha value is -3.66. The topological polar surface area (TPSA) is 119 Å². The largest absolute Gasteiger partial charge is 0.480 e. The fourth-order valence-electron chi connectivity index (χ4n) is 2.86. The maximum atomic E-state index is 12.1. The first kappa shape index (κ1) is 21.6. The lowest BCUT2D eigenvalue weighted by Gasteiger charge is -2.16. The third-order valence-corrected chi connectivity index (χ3v) is 4.45. The monoisotopic (exact) mass is 393 g/mol. The number of rotatable bonds is 9. The molecule has 0 aromatic heterocycles. The first-order valence-electron chi connectivity index (χ1n) is 9.25. The van der Waals surface area contributed by atoms with E-state index in [9.17, 15) is 19.5 Å². The van der Waals surface area contributed by atoms with Gasteiger partial charge in [0.25, 0.3) is 0 Å². The minimum absolute atomic E-state index is 0.0119. The predicted octanol–water partition coefficient (Wildman–Crippen LogP) is 2.33. The Balaban J connectivity index is 1.86. The molecule has 2 aromatic carbocycles. The lowest BCUT2D eigenvalue weighted by atomic mass is 10.0. The van der Waals surface area contributed by atoms with Gasteiger partial charge < -0.3 is 15.7 Å². The summed E-state index contributed by atoms with van der Waals surface area (Å²) < 4.78 is 0. The zero-order valence-corrected chi connectivity index (χ0v) is 16.1. The average molecular weight is 393 g/mol. The number of hydrogen-bond acceptors (Lipinski definition) is 4. The standard InChI is InChI=1S/C22H23N3O4/c1-15(16-7-3-2-4-8-16)24-20(26)11-12-21(27)25-19(22(28)29)13-17-9-5-6-10-18(17)14-23/h2-10,15,19H,11-13H2,1H3,(H,24,26)(H,25,27)(H,28,29)/t15-,19+/m1/s1. The van der Waals surface area contributed by atoms with Crippen LogP contribution in [0.2, 0.25) is 0 Å². The Morgan fingerprint density at radius 3 is 2.17 bits per heavy atom. The van der Waals surface area contributed by atoms with E-state index >= 15 is 0 Å². The van der Waals surface area contributed by atoms with Gasteiger partial charge in [0.05, 0.1) is 17.7 Å². The van der Waals surface area contributed by atoms with Gasteiger partial charge in [-0.15, -0.1) is 0 Å². The summed E-state index contributed by atoms with van der Waals surface area (Å²) in [5.74, 6) is -2.03. The summed E-state index contributed by atoms with van der Waals surface area (Å²) in [5, 5.41) is 23.8. The summed E-state index contributed by atoms with van der Waals surface area (Å²) in [6.45, 7) is 1.85. The first-order chi connectivity index (χ1) is 13.9. The highest BCUT2D eigenvalue weighted by molar-refractivity contribution is 5.87. The number of carbonyl (C=O) groups excluding carboxylic acids is 2. The van der Waals surface area contributed by atoms with Crippen molar-refractivity contribution in [2.75, 3.05) is 0 Å². The van der Waals surface area contributed by atoms with Gasteiger partial charge in [-0.2, -0.15) is 5.26 Å².